The van der Waals surface area contributed by atoms with Crippen molar-refractivity contribution in [2.75, 3.05) is 32.1 Å². The van der Waals surface area contributed by atoms with Crippen LogP contribution in [0, 0.1) is 11.8 Å². The van der Waals surface area contributed by atoms with Gasteiger partial charge in [0, 0.05) is 56.4 Å². The van der Waals surface area contributed by atoms with E-state index in [4.69, 9.17) is 21.3 Å². The molecule has 1 aromatic carbocycles. The van der Waals surface area contributed by atoms with Crippen molar-refractivity contribution in [2.45, 2.75) is 26.0 Å². The molecule has 0 spiro atoms. The minimum atomic E-state index is -0.0861. The van der Waals surface area contributed by atoms with Gasteiger partial charge in [0.05, 0.1) is 11.8 Å². The highest BCUT2D eigenvalue weighted by molar-refractivity contribution is 6.69. The Balaban J connectivity index is 1.61. The molecule has 1 saturated heterocycles. The Kier molecular flexibility index (Phi) is 6.95. The molecule has 3 atom stereocenters. The van der Waals surface area contributed by atoms with Gasteiger partial charge >= 0.3 is 0 Å². The van der Waals surface area contributed by atoms with E-state index >= 15 is 0 Å². The van der Waals surface area contributed by atoms with Crippen LogP contribution >= 0.6 is 11.6 Å². The summed E-state index contributed by atoms with van der Waals surface area (Å²) in [5, 5.41) is 7.79. The highest BCUT2D eigenvalue weighted by Crippen LogP contribution is 2.24. The van der Waals surface area contributed by atoms with Crippen LogP contribution in [-0.2, 0) is 11.3 Å². The fourth-order valence-corrected chi connectivity index (χ4v) is 4.91. The van der Waals surface area contributed by atoms with Crippen LogP contribution < -0.4 is 16.2 Å². The first-order valence-corrected chi connectivity index (χ1v) is 12.3. The van der Waals surface area contributed by atoms with Crippen molar-refractivity contribution in [3.63, 3.8) is 0 Å². The monoisotopic (exact) mass is 492 g/mol. The van der Waals surface area contributed by atoms with Crippen LogP contribution in [0.3, 0.4) is 0 Å². The Morgan fingerprint density at radius 3 is 2.89 bits per heavy atom. The molecule has 2 aliphatic rings. The van der Waals surface area contributed by atoms with Crippen molar-refractivity contribution >= 4 is 33.8 Å². The second kappa shape index (κ2) is 10.3. The van der Waals surface area contributed by atoms with Gasteiger partial charge < -0.3 is 15.4 Å². The molecule has 182 valence electrons. The lowest BCUT2D eigenvalue weighted by atomic mass is 10.0. The van der Waals surface area contributed by atoms with E-state index in [1.54, 1.807) is 17.9 Å². The van der Waals surface area contributed by atoms with Gasteiger partial charge in [-0.2, -0.15) is 4.98 Å². The molecule has 5 rings (SSSR count). The Bertz CT molecular complexity index is 1340. The first-order valence-electron chi connectivity index (χ1n) is 11.9. The van der Waals surface area contributed by atoms with Crippen molar-refractivity contribution in [1.82, 2.24) is 19.9 Å². The van der Waals surface area contributed by atoms with E-state index in [2.05, 4.69) is 27.5 Å². The van der Waals surface area contributed by atoms with Gasteiger partial charge in [0.2, 0.25) is 5.95 Å². The van der Waals surface area contributed by atoms with E-state index in [0.717, 1.165) is 30.5 Å². The molecule has 2 aliphatic heterocycles. The molecule has 3 aromatic rings. The number of fused-ring (bicyclic) bond motifs is 1. The molecular weight excluding hydrogens is 464 g/mol. The maximum absolute atomic E-state index is 13.8. The number of hydrogen-bond donors (Lipinski definition) is 2. The number of aromatic nitrogens is 3. The van der Waals surface area contributed by atoms with Crippen LogP contribution in [0.1, 0.15) is 13.3 Å². The normalized spacial score (nSPS) is 22.5. The molecular formula is C26H29ClN6O2. The minimum absolute atomic E-state index is 0.0319. The molecule has 2 N–H and O–H groups in total. The fraction of sp³-hybridized carbons (Fsp3) is 0.385. The van der Waals surface area contributed by atoms with Crippen LogP contribution in [0.15, 0.2) is 64.2 Å². The van der Waals surface area contributed by atoms with Crippen molar-refractivity contribution in [3.05, 3.63) is 64.7 Å². The standard InChI is InChI=1S/C26H29ClN6O2/c1-16-8-9-29-23(27)21(10-16)31-26-30-13-18-11-20(17-6-4-3-5-7-17)25(34)33(24(18)32-26)15-19-12-28-14-22(19)35-2/h3-7,10-11,13,16,19,22,28H,8-9,12,14-15H2,1-2H3,(H,30,31,32)/t16?,19-,22+/m1/s1. The zero-order chi connectivity index (χ0) is 24.4. The average molecular weight is 493 g/mol. The molecule has 8 nitrogen and oxygen atoms in total. The van der Waals surface area contributed by atoms with Gasteiger partial charge in [0.15, 0.2) is 0 Å². The highest BCUT2D eigenvalue weighted by atomic mass is 35.5. The number of allylic oxidation sites excluding steroid dienone is 2. The van der Waals surface area contributed by atoms with E-state index in [0.29, 0.717) is 47.0 Å². The minimum Gasteiger partial charge on any atom is -0.380 e. The lowest BCUT2D eigenvalue weighted by molar-refractivity contribution is 0.0770. The summed E-state index contributed by atoms with van der Waals surface area (Å²) in [6, 6.07) is 11.6. The zero-order valence-electron chi connectivity index (χ0n) is 19.9. The van der Waals surface area contributed by atoms with Crippen molar-refractivity contribution in [2.24, 2.45) is 16.8 Å². The van der Waals surface area contributed by atoms with Gasteiger partial charge in [0.1, 0.15) is 10.8 Å². The number of pyridine rings is 1. The number of nitrogens with one attached hydrogen (secondary N) is 2. The Hall–Kier alpha value is -3.07. The second-order valence-corrected chi connectivity index (χ2v) is 9.51. The van der Waals surface area contributed by atoms with Crippen molar-refractivity contribution < 1.29 is 4.74 Å². The summed E-state index contributed by atoms with van der Waals surface area (Å²) in [7, 11) is 1.71. The molecule has 0 amide bonds. The van der Waals surface area contributed by atoms with Crippen molar-refractivity contribution in [1.29, 1.82) is 0 Å². The summed E-state index contributed by atoms with van der Waals surface area (Å²) in [4.78, 5) is 27.5. The molecule has 0 saturated carbocycles. The molecule has 0 radical (unpaired) electrons. The maximum atomic E-state index is 13.8. The summed E-state index contributed by atoms with van der Waals surface area (Å²) in [6.45, 7) is 4.82. The molecule has 1 fully saturated rings. The number of rotatable bonds is 6. The number of anilines is 1. The van der Waals surface area contributed by atoms with E-state index < -0.39 is 0 Å². The topological polar surface area (TPSA) is 93.4 Å². The average Bonchev–Trinajstić information content (AvgIpc) is 3.26. The smallest absolute Gasteiger partial charge is 0.260 e. The lowest BCUT2D eigenvalue weighted by Crippen LogP contribution is -2.32. The quantitative estimate of drug-likeness (QED) is 0.545. The van der Waals surface area contributed by atoms with Crippen LogP contribution in [0.5, 0.6) is 0 Å². The Morgan fingerprint density at radius 2 is 2.09 bits per heavy atom. The zero-order valence-corrected chi connectivity index (χ0v) is 20.6. The molecule has 35 heavy (non-hydrogen) atoms. The number of benzene rings is 1. The van der Waals surface area contributed by atoms with Crippen LogP contribution in [0.4, 0.5) is 5.95 Å². The van der Waals surface area contributed by atoms with Crippen LogP contribution in [-0.4, -0.2) is 52.6 Å². The van der Waals surface area contributed by atoms with Gasteiger partial charge in [-0.3, -0.25) is 14.4 Å². The summed E-state index contributed by atoms with van der Waals surface area (Å²) in [6.07, 6.45) is 4.76. The molecule has 0 aliphatic carbocycles. The molecule has 0 bridgehead atoms. The Labute approximate surface area is 209 Å². The third-order valence-electron chi connectivity index (χ3n) is 6.66. The number of hydrogen-bond acceptors (Lipinski definition) is 7. The molecule has 4 heterocycles. The number of ether oxygens (including phenoxy) is 1. The van der Waals surface area contributed by atoms with Gasteiger partial charge in [0.25, 0.3) is 5.56 Å². The number of halogens is 1. The molecule has 9 heteroatoms. The number of methoxy groups -OCH3 is 1. The largest absolute Gasteiger partial charge is 0.380 e. The summed E-state index contributed by atoms with van der Waals surface area (Å²) in [5.74, 6) is 0.843. The van der Waals surface area contributed by atoms with E-state index in [-0.39, 0.29) is 17.6 Å². The first kappa shape index (κ1) is 23.7. The third-order valence-corrected chi connectivity index (χ3v) is 6.99. The lowest BCUT2D eigenvalue weighted by Gasteiger charge is -2.20. The van der Waals surface area contributed by atoms with E-state index in [1.807, 2.05) is 42.5 Å². The summed E-state index contributed by atoms with van der Waals surface area (Å²) >= 11 is 6.40. The van der Waals surface area contributed by atoms with E-state index in [9.17, 15) is 4.79 Å². The molecule has 1 unspecified atom stereocenters. The SMILES string of the molecule is CO[C@H]1CNC[C@@H]1Cn1c(=O)c(-c2ccccc2)cc2cnc(NC3=CC(C)CCN=C3Cl)nc21. The van der Waals surface area contributed by atoms with Gasteiger partial charge in [-0.25, -0.2) is 4.98 Å². The summed E-state index contributed by atoms with van der Waals surface area (Å²) < 4.78 is 7.42. The van der Waals surface area contributed by atoms with E-state index in [1.165, 1.54) is 0 Å². The molecule has 2 aromatic heterocycles. The van der Waals surface area contributed by atoms with Gasteiger partial charge in [-0.15, -0.1) is 0 Å². The second-order valence-electron chi connectivity index (χ2n) is 9.15. The maximum Gasteiger partial charge on any atom is 0.260 e. The van der Waals surface area contributed by atoms with Crippen LogP contribution in [0.2, 0.25) is 0 Å². The first-order chi connectivity index (χ1) is 17.0. The Morgan fingerprint density at radius 1 is 1.26 bits per heavy atom. The van der Waals surface area contributed by atoms with Gasteiger partial charge in [-0.05, 0) is 24.0 Å². The van der Waals surface area contributed by atoms with Crippen LogP contribution in [0.25, 0.3) is 22.2 Å². The summed E-state index contributed by atoms with van der Waals surface area (Å²) in [5.41, 5.74) is 2.66. The van der Waals surface area contributed by atoms with Gasteiger partial charge in [-0.1, -0.05) is 54.9 Å². The predicted octanol–water partition coefficient (Wildman–Crippen LogP) is 3.67. The van der Waals surface area contributed by atoms with Crippen molar-refractivity contribution in [3.8, 4) is 11.1 Å². The number of nitrogens with zero attached hydrogens (tertiary/aromatic N) is 4. The fourth-order valence-electron chi connectivity index (χ4n) is 4.72. The number of aliphatic imine (C=N–C) groups is 1. The predicted molar refractivity (Wildman–Crippen MR) is 140 cm³/mol. The third kappa shape index (κ3) is 5.00. The highest BCUT2D eigenvalue weighted by Gasteiger charge is 2.28.